The molecule has 1 aliphatic heterocycles. The average Bonchev–Trinajstić information content (AvgIpc) is 2.15. The highest BCUT2D eigenvalue weighted by molar-refractivity contribution is 4.73. The van der Waals surface area contributed by atoms with E-state index in [0.29, 0.717) is 6.04 Å². The Morgan fingerprint density at radius 3 is 2.31 bits per heavy atom. The molecule has 1 rings (SSSR count). The Morgan fingerprint density at radius 1 is 1.23 bits per heavy atom. The van der Waals surface area contributed by atoms with Crippen LogP contribution in [0.15, 0.2) is 0 Å². The lowest BCUT2D eigenvalue weighted by Gasteiger charge is -2.32. The van der Waals surface area contributed by atoms with Gasteiger partial charge in [0.1, 0.15) is 0 Å². The normalized spacial score (nSPS) is 22.2. The molecule has 1 fully saturated rings. The maximum absolute atomic E-state index is 9.16. The van der Waals surface area contributed by atoms with Crippen molar-refractivity contribution in [2.45, 2.75) is 25.3 Å². The average molecular weight is 186 g/mol. The first-order valence-electron chi connectivity index (χ1n) is 5.23. The minimum absolute atomic E-state index is 0.267. The number of hydrogen-bond donors (Lipinski definition) is 1. The molecular weight excluding hydrogens is 164 g/mol. The number of likely N-dealkylation sites (tertiary alicyclic amines) is 1. The summed E-state index contributed by atoms with van der Waals surface area (Å²) in [5.41, 5.74) is 0. The van der Waals surface area contributed by atoms with E-state index in [1.807, 2.05) is 14.1 Å². The molecule has 0 amide bonds. The van der Waals surface area contributed by atoms with E-state index in [-0.39, 0.29) is 6.61 Å². The number of piperidine rings is 1. The minimum atomic E-state index is 0.267. The first-order chi connectivity index (χ1) is 6.24. The summed E-state index contributed by atoms with van der Waals surface area (Å²) in [4.78, 5) is 4.57. The molecule has 1 saturated heterocycles. The zero-order valence-electron chi connectivity index (χ0n) is 8.87. The van der Waals surface area contributed by atoms with Gasteiger partial charge in [0.05, 0.1) is 6.61 Å². The summed E-state index contributed by atoms with van der Waals surface area (Å²) < 4.78 is 0. The maximum Gasteiger partial charge on any atom is 0.0599 e. The predicted octanol–water partition coefficient (Wildman–Crippen LogP) is 0.395. The maximum atomic E-state index is 9.16. The van der Waals surface area contributed by atoms with Gasteiger partial charge in [0, 0.05) is 12.6 Å². The molecule has 0 spiro atoms. The summed E-state index contributed by atoms with van der Waals surface area (Å²) in [7, 11) is 4.07. The Hall–Kier alpha value is -0.120. The van der Waals surface area contributed by atoms with E-state index in [1.54, 1.807) is 0 Å². The van der Waals surface area contributed by atoms with Gasteiger partial charge < -0.3 is 14.9 Å². The fraction of sp³-hybridized carbons (Fsp3) is 1.00. The first kappa shape index (κ1) is 11.0. The SMILES string of the molecule is CN(C)C(CO)CN1CCCCC1. The molecule has 0 aromatic rings. The molecule has 0 saturated carbocycles. The van der Waals surface area contributed by atoms with Crippen LogP contribution in [0.1, 0.15) is 19.3 Å². The summed E-state index contributed by atoms with van der Waals surface area (Å²) in [5, 5.41) is 9.16. The van der Waals surface area contributed by atoms with Gasteiger partial charge in [-0.3, -0.25) is 0 Å². The van der Waals surface area contributed by atoms with E-state index in [0.717, 1.165) is 6.54 Å². The second-order valence-corrected chi connectivity index (χ2v) is 4.16. The Kier molecular flexibility index (Phi) is 4.70. The first-order valence-corrected chi connectivity index (χ1v) is 5.23. The van der Waals surface area contributed by atoms with Gasteiger partial charge in [-0.1, -0.05) is 6.42 Å². The minimum Gasteiger partial charge on any atom is -0.395 e. The Balaban J connectivity index is 2.27. The van der Waals surface area contributed by atoms with E-state index >= 15 is 0 Å². The van der Waals surface area contributed by atoms with Crippen molar-refractivity contribution in [3.05, 3.63) is 0 Å². The standard InChI is InChI=1S/C10H22N2O/c1-11(2)10(9-13)8-12-6-4-3-5-7-12/h10,13H,3-9H2,1-2H3. The molecule has 78 valence electrons. The van der Waals surface area contributed by atoms with Gasteiger partial charge in [-0.15, -0.1) is 0 Å². The second-order valence-electron chi connectivity index (χ2n) is 4.16. The third-order valence-corrected chi connectivity index (χ3v) is 2.86. The van der Waals surface area contributed by atoms with Crippen LogP contribution in [0.5, 0.6) is 0 Å². The molecule has 1 unspecified atom stereocenters. The van der Waals surface area contributed by atoms with Gasteiger partial charge in [-0.05, 0) is 40.0 Å². The van der Waals surface area contributed by atoms with Gasteiger partial charge in [-0.25, -0.2) is 0 Å². The third-order valence-electron chi connectivity index (χ3n) is 2.86. The monoisotopic (exact) mass is 186 g/mol. The fourth-order valence-electron chi connectivity index (χ4n) is 1.82. The summed E-state index contributed by atoms with van der Waals surface area (Å²) in [6.45, 7) is 3.71. The van der Waals surface area contributed by atoms with Crippen LogP contribution in [0.2, 0.25) is 0 Å². The van der Waals surface area contributed by atoms with E-state index < -0.39 is 0 Å². The van der Waals surface area contributed by atoms with E-state index in [4.69, 9.17) is 5.11 Å². The van der Waals surface area contributed by atoms with E-state index in [1.165, 1.54) is 32.4 Å². The van der Waals surface area contributed by atoms with Gasteiger partial charge in [0.15, 0.2) is 0 Å². The smallest absolute Gasteiger partial charge is 0.0599 e. The Morgan fingerprint density at radius 2 is 1.85 bits per heavy atom. The molecule has 13 heavy (non-hydrogen) atoms. The lowest BCUT2D eigenvalue weighted by molar-refractivity contribution is 0.111. The van der Waals surface area contributed by atoms with E-state index in [9.17, 15) is 0 Å². The summed E-state index contributed by atoms with van der Waals surface area (Å²) >= 11 is 0. The lowest BCUT2D eigenvalue weighted by atomic mass is 10.1. The summed E-state index contributed by atoms with van der Waals surface area (Å²) in [5.74, 6) is 0. The topological polar surface area (TPSA) is 26.7 Å². The molecule has 0 bridgehead atoms. The van der Waals surface area contributed by atoms with Gasteiger partial charge >= 0.3 is 0 Å². The van der Waals surface area contributed by atoms with Gasteiger partial charge in [0.2, 0.25) is 0 Å². The molecule has 0 aliphatic carbocycles. The summed E-state index contributed by atoms with van der Waals surface area (Å²) in [6, 6.07) is 0.304. The van der Waals surface area contributed by atoms with Crippen LogP contribution in [0.25, 0.3) is 0 Å². The fourth-order valence-corrected chi connectivity index (χ4v) is 1.82. The molecule has 0 aromatic heterocycles. The quantitative estimate of drug-likeness (QED) is 0.688. The van der Waals surface area contributed by atoms with Crippen LogP contribution in [-0.2, 0) is 0 Å². The lowest BCUT2D eigenvalue weighted by Crippen LogP contribution is -2.44. The number of nitrogens with zero attached hydrogens (tertiary/aromatic N) is 2. The van der Waals surface area contributed by atoms with Crippen molar-refractivity contribution in [1.82, 2.24) is 9.80 Å². The Bertz CT molecular complexity index is 133. The summed E-state index contributed by atoms with van der Waals surface area (Å²) in [6.07, 6.45) is 4.03. The highest BCUT2D eigenvalue weighted by Gasteiger charge is 2.16. The molecular formula is C10H22N2O. The van der Waals surface area contributed by atoms with E-state index in [2.05, 4.69) is 9.80 Å². The highest BCUT2D eigenvalue weighted by atomic mass is 16.3. The van der Waals surface area contributed by atoms with Crippen molar-refractivity contribution in [2.24, 2.45) is 0 Å². The van der Waals surface area contributed by atoms with Crippen LogP contribution < -0.4 is 0 Å². The van der Waals surface area contributed by atoms with Crippen molar-refractivity contribution >= 4 is 0 Å². The second kappa shape index (κ2) is 5.58. The molecule has 1 aliphatic rings. The van der Waals surface area contributed by atoms with Crippen LogP contribution >= 0.6 is 0 Å². The van der Waals surface area contributed by atoms with Crippen LogP contribution in [-0.4, -0.2) is 61.3 Å². The third kappa shape index (κ3) is 3.63. The van der Waals surface area contributed by atoms with Gasteiger partial charge in [-0.2, -0.15) is 0 Å². The molecule has 1 heterocycles. The van der Waals surface area contributed by atoms with Crippen LogP contribution in [0.4, 0.5) is 0 Å². The van der Waals surface area contributed by atoms with Gasteiger partial charge in [0.25, 0.3) is 0 Å². The largest absolute Gasteiger partial charge is 0.395 e. The number of aliphatic hydroxyl groups excluding tert-OH is 1. The zero-order chi connectivity index (χ0) is 9.68. The van der Waals surface area contributed by atoms with Crippen molar-refractivity contribution in [1.29, 1.82) is 0 Å². The molecule has 1 atom stereocenters. The van der Waals surface area contributed by atoms with Crippen LogP contribution in [0, 0.1) is 0 Å². The number of aliphatic hydroxyl groups is 1. The molecule has 0 radical (unpaired) electrons. The van der Waals surface area contributed by atoms with Crippen LogP contribution in [0.3, 0.4) is 0 Å². The van der Waals surface area contributed by atoms with Crippen molar-refractivity contribution in [2.75, 3.05) is 40.3 Å². The number of rotatable bonds is 4. The molecule has 3 nitrogen and oxygen atoms in total. The van der Waals surface area contributed by atoms with Crippen molar-refractivity contribution in [3.63, 3.8) is 0 Å². The zero-order valence-corrected chi connectivity index (χ0v) is 8.87. The molecule has 3 heteroatoms. The Labute approximate surface area is 81.3 Å². The highest BCUT2D eigenvalue weighted by Crippen LogP contribution is 2.09. The van der Waals surface area contributed by atoms with Crippen molar-refractivity contribution < 1.29 is 5.11 Å². The van der Waals surface area contributed by atoms with Crippen molar-refractivity contribution in [3.8, 4) is 0 Å². The number of hydrogen-bond acceptors (Lipinski definition) is 3. The molecule has 1 N–H and O–H groups in total. The predicted molar refractivity (Wildman–Crippen MR) is 54.9 cm³/mol. The molecule has 0 aromatic carbocycles. The number of likely N-dealkylation sites (N-methyl/N-ethyl adjacent to an activating group) is 1.